The van der Waals surface area contributed by atoms with E-state index in [0.29, 0.717) is 22.0 Å². The first-order valence-corrected chi connectivity index (χ1v) is 11.5. The van der Waals surface area contributed by atoms with Gasteiger partial charge in [-0.05, 0) is 54.1 Å². The van der Waals surface area contributed by atoms with Gasteiger partial charge in [0.1, 0.15) is 0 Å². The van der Waals surface area contributed by atoms with Gasteiger partial charge in [0.25, 0.3) is 5.91 Å². The van der Waals surface area contributed by atoms with Crippen molar-refractivity contribution in [3.63, 3.8) is 0 Å². The summed E-state index contributed by atoms with van der Waals surface area (Å²) < 4.78 is 0. The molecule has 3 N–H and O–H groups in total. The van der Waals surface area contributed by atoms with E-state index in [9.17, 15) is 14.7 Å². The smallest absolute Gasteiger partial charge is 0.260 e. The third kappa shape index (κ3) is 5.20. The molecule has 1 atom stereocenters. The average molecular weight is 506 g/mol. The fourth-order valence-corrected chi connectivity index (χ4v) is 4.28. The molecule has 0 aliphatic rings. The second kappa shape index (κ2) is 10.7. The third-order valence-corrected chi connectivity index (χ3v) is 6.18. The van der Waals surface area contributed by atoms with Crippen LogP contribution in [0, 0.1) is 0 Å². The molecular formula is C27H21Cl2N3O3. The van der Waals surface area contributed by atoms with E-state index in [1.807, 2.05) is 42.5 Å². The maximum absolute atomic E-state index is 13.9. The van der Waals surface area contributed by atoms with Crippen molar-refractivity contribution in [1.29, 1.82) is 0 Å². The molecule has 0 radical (unpaired) electrons. The van der Waals surface area contributed by atoms with E-state index in [0.717, 1.165) is 5.56 Å². The van der Waals surface area contributed by atoms with Gasteiger partial charge in [0.15, 0.2) is 0 Å². The highest BCUT2D eigenvalue weighted by atomic mass is 35.5. The van der Waals surface area contributed by atoms with Crippen LogP contribution in [0.25, 0.3) is 11.3 Å². The molecule has 1 heterocycles. The number of carbonyl (C=O) groups excluding carboxylic acids is 2. The lowest BCUT2D eigenvalue weighted by atomic mass is 10.0. The highest BCUT2D eigenvalue weighted by Gasteiger charge is 2.29. The number of aliphatic hydroxyl groups excluding tert-OH is 1. The zero-order chi connectivity index (χ0) is 24.9. The number of halogens is 2. The number of carbonyl (C=O) groups is 2. The molecule has 0 spiro atoms. The molecule has 0 fully saturated rings. The van der Waals surface area contributed by atoms with Crippen LogP contribution < -0.4 is 10.6 Å². The molecule has 0 saturated carbocycles. The topological polar surface area (TPSA) is 96.5 Å². The van der Waals surface area contributed by atoms with Gasteiger partial charge in [-0.15, -0.1) is 0 Å². The molecule has 0 unspecified atom stereocenters. The monoisotopic (exact) mass is 505 g/mol. The largest absolute Gasteiger partial charge is 0.394 e. The Kier molecular flexibility index (Phi) is 7.46. The Morgan fingerprint density at radius 3 is 2.29 bits per heavy atom. The molecule has 3 aromatic carbocycles. The summed E-state index contributed by atoms with van der Waals surface area (Å²) in [6, 6.07) is 23.3. The number of pyridine rings is 1. The second-order valence-corrected chi connectivity index (χ2v) is 8.54. The summed E-state index contributed by atoms with van der Waals surface area (Å²) in [4.78, 5) is 31.3. The fraction of sp³-hybridized carbons (Fsp3) is 0.0741. The van der Waals surface area contributed by atoms with E-state index >= 15 is 0 Å². The van der Waals surface area contributed by atoms with Crippen LogP contribution in [0.4, 0.5) is 5.69 Å². The van der Waals surface area contributed by atoms with Crippen LogP contribution in [-0.2, 0) is 0 Å². The predicted molar refractivity (Wildman–Crippen MR) is 138 cm³/mol. The number of nitrogens with zero attached hydrogens (tertiary/aromatic N) is 2. The zero-order valence-corrected chi connectivity index (χ0v) is 19.9. The molecule has 2 amide bonds. The molecule has 4 aromatic rings. The molecule has 6 nitrogen and oxygen atoms in total. The van der Waals surface area contributed by atoms with Crippen molar-refractivity contribution in [1.82, 2.24) is 4.98 Å². The summed E-state index contributed by atoms with van der Waals surface area (Å²) >= 11 is 12.9. The van der Waals surface area contributed by atoms with E-state index in [4.69, 9.17) is 28.9 Å². The Balaban J connectivity index is 1.88. The maximum Gasteiger partial charge on any atom is 0.260 e. The minimum absolute atomic E-state index is 0.0694. The number of anilines is 1. The van der Waals surface area contributed by atoms with Gasteiger partial charge in [-0.3, -0.25) is 19.5 Å². The Bertz CT molecular complexity index is 1360. The fourth-order valence-electron chi connectivity index (χ4n) is 3.80. The number of primary amides is 1. The van der Waals surface area contributed by atoms with Crippen LogP contribution >= 0.6 is 23.2 Å². The van der Waals surface area contributed by atoms with Gasteiger partial charge in [-0.25, -0.2) is 0 Å². The number of nitrogens with two attached hydrogens (primary N) is 1. The minimum atomic E-state index is -0.728. The first-order valence-electron chi connectivity index (χ1n) is 10.7. The lowest BCUT2D eigenvalue weighted by molar-refractivity contribution is 0.0960. The molecular weight excluding hydrogens is 485 g/mol. The molecule has 35 heavy (non-hydrogen) atoms. The van der Waals surface area contributed by atoms with Gasteiger partial charge < -0.3 is 10.8 Å². The number of benzene rings is 3. The van der Waals surface area contributed by atoms with Crippen molar-refractivity contribution >= 4 is 40.7 Å². The molecule has 0 aliphatic heterocycles. The Morgan fingerprint density at radius 2 is 1.66 bits per heavy atom. The van der Waals surface area contributed by atoms with Crippen LogP contribution in [-0.4, -0.2) is 28.5 Å². The van der Waals surface area contributed by atoms with Crippen LogP contribution in [0.2, 0.25) is 10.0 Å². The number of hydrogen-bond acceptors (Lipinski definition) is 4. The van der Waals surface area contributed by atoms with Gasteiger partial charge in [-0.1, -0.05) is 59.6 Å². The summed E-state index contributed by atoms with van der Waals surface area (Å²) in [5.41, 5.74) is 8.16. The summed E-state index contributed by atoms with van der Waals surface area (Å²) in [6.07, 6.45) is 1.65. The first kappa shape index (κ1) is 24.4. The SMILES string of the molecule is NC(=O)c1ccc(C(=O)N(c2ccc(Cl)c(-c3ccccn3)c2)[C@@H](CO)c2ccccc2)c(Cl)c1. The normalized spacial score (nSPS) is 11.6. The van der Waals surface area contributed by atoms with Crippen molar-refractivity contribution in [3.05, 3.63) is 118 Å². The summed E-state index contributed by atoms with van der Waals surface area (Å²) in [7, 11) is 0. The van der Waals surface area contributed by atoms with Crippen LogP contribution in [0.3, 0.4) is 0 Å². The maximum atomic E-state index is 13.9. The molecule has 1 aromatic heterocycles. The van der Waals surface area contributed by atoms with Gasteiger partial charge in [0, 0.05) is 23.0 Å². The van der Waals surface area contributed by atoms with Gasteiger partial charge in [0.05, 0.1) is 34.0 Å². The summed E-state index contributed by atoms with van der Waals surface area (Å²) in [5.74, 6) is -1.12. The van der Waals surface area contributed by atoms with Crippen LogP contribution in [0.1, 0.15) is 32.3 Å². The molecule has 0 bridgehead atoms. The number of amides is 2. The lowest BCUT2D eigenvalue weighted by Crippen LogP contribution is -2.37. The zero-order valence-electron chi connectivity index (χ0n) is 18.4. The van der Waals surface area contributed by atoms with E-state index < -0.39 is 17.9 Å². The Morgan fingerprint density at radius 1 is 0.914 bits per heavy atom. The van der Waals surface area contributed by atoms with Gasteiger partial charge >= 0.3 is 0 Å². The standard InChI is InChI=1S/C27H21Cl2N3O3/c28-22-12-10-19(15-21(22)24-8-4-5-13-31-24)32(25(16-33)17-6-2-1-3-7-17)27(35)20-11-9-18(26(30)34)14-23(20)29/h1-15,25,33H,16H2,(H2,30,34)/t25-/m0/s1. The van der Waals surface area contributed by atoms with E-state index in [1.165, 1.54) is 23.1 Å². The van der Waals surface area contributed by atoms with E-state index in [2.05, 4.69) is 4.98 Å². The van der Waals surface area contributed by atoms with Crippen molar-refractivity contribution in [2.45, 2.75) is 6.04 Å². The molecule has 8 heteroatoms. The number of aliphatic hydroxyl groups is 1. The van der Waals surface area contributed by atoms with Crippen LogP contribution in [0.5, 0.6) is 0 Å². The first-order chi connectivity index (χ1) is 16.9. The molecule has 4 rings (SSSR count). The Labute approximate surface area is 212 Å². The minimum Gasteiger partial charge on any atom is -0.394 e. The lowest BCUT2D eigenvalue weighted by Gasteiger charge is -2.32. The number of rotatable bonds is 7. The number of hydrogen-bond donors (Lipinski definition) is 2. The van der Waals surface area contributed by atoms with Crippen molar-refractivity contribution < 1.29 is 14.7 Å². The summed E-state index contributed by atoms with van der Waals surface area (Å²) in [6.45, 7) is -0.353. The molecule has 0 aliphatic carbocycles. The predicted octanol–water partition coefficient (Wildman–Crippen LogP) is 5.53. The van der Waals surface area contributed by atoms with E-state index in [-0.39, 0.29) is 22.8 Å². The molecule has 0 saturated heterocycles. The van der Waals surface area contributed by atoms with E-state index in [1.54, 1.807) is 30.5 Å². The molecule has 176 valence electrons. The van der Waals surface area contributed by atoms with Crippen molar-refractivity contribution in [2.75, 3.05) is 11.5 Å². The number of aromatic nitrogens is 1. The Hall–Kier alpha value is -3.71. The van der Waals surface area contributed by atoms with Crippen molar-refractivity contribution in [3.8, 4) is 11.3 Å². The van der Waals surface area contributed by atoms with Gasteiger partial charge in [0.2, 0.25) is 5.91 Å². The van der Waals surface area contributed by atoms with Crippen LogP contribution in [0.15, 0.2) is 91.1 Å². The highest BCUT2D eigenvalue weighted by Crippen LogP contribution is 2.36. The van der Waals surface area contributed by atoms with Gasteiger partial charge in [-0.2, -0.15) is 0 Å². The second-order valence-electron chi connectivity index (χ2n) is 7.72. The summed E-state index contributed by atoms with van der Waals surface area (Å²) in [5, 5.41) is 10.9. The van der Waals surface area contributed by atoms with Crippen molar-refractivity contribution in [2.24, 2.45) is 5.73 Å². The highest BCUT2D eigenvalue weighted by molar-refractivity contribution is 6.35. The quantitative estimate of drug-likeness (QED) is 0.344. The average Bonchev–Trinajstić information content (AvgIpc) is 2.88. The third-order valence-electron chi connectivity index (χ3n) is 5.54.